The molecule has 0 radical (unpaired) electrons. The molecule has 1 heterocycles. The monoisotopic (exact) mass is 213 g/mol. The largest absolute Gasteiger partial charge is 0.333 e. The molecule has 1 aliphatic heterocycles. The fourth-order valence-electron chi connectivity index (χ4n) is 1.66. The van der Waals surface area contributed by atoms with E-state index in [1.807, 2.05) is 18.7 Å². The fourth-order valence-corrected chi connectivity index (χ4v) is 1.66. The highest BCUT2D eigenvalue weighted by Crippen LogP contribution is 2.27. The number of nitrogens with zero attached hydrogens (tertiary/aromatic N) is 1. The molecular formula is C11H23N3O. The lowest BCUT2D eigenvalue weighted by molar-refractivity contribution is 0.158. The molecule has 1 aliphatic rings. The molecule has 1 atom stereocenters. The van der Waals surface area contributed by atoms with Crippen molar-refractivity contribution in [2.24, 2.45) is 11.1 Å². The molecule has 1 unspecified atom stereocenters. The lowest BCUT2D eigenvalue weighted by atomic mass is 9.87. The lowest BCUT2D eigenvalue weighted by Crippen LogP contribution is -2.50. The van der Waals surface area contributed by atoms with Crippen LogP contribution >= 0.6 is 0 Å². The number of amides is 2. The Morgan fingerprint density at radius 3 is 2.27 bits per heavy atom. The van der Waals surface area contributed by atoms with E-state index in [9.17, 15) is 4.79 Å². The Labute approximate surface area is 92.2 Å². The molecule has 0 aromatic heterocycles. The first-order valence-electron chi connectivity index (χ1n) is 5.46. The molecule has 1 rings (SSSR count). The summed E-state index contributed by atoms with van der Waals surface area (Å²) in [6, 6.07) is 0.209. The van der Waals surface area contributed by atoms with E-state index >= 15 is 0 Å². The van der Waals surface area contributed by atoms with Crippen molar-refractivity contribution in [2.45, 2.75) is 46.2 Å². The minimum Gasteiger partial charge on any atom is -0.333 e. The molecule has 0 spiro atoms. The Kier molecular flexibility index (Phi) is 3.01. The average Bonchev–Trinajstić information content (AvgIpc) is 2.47. The predicted molar refractivity (Wildman–Crippen MR) is 61.6 cm³/mol. The van der Waals surface area contributed by atoms with E-state index in [-0.39, 0.29) is 23.0 Å². The van der Waals surface area contributed by atoms with Crippen molar-refractivity contribution in [3.05, 3.63) is 0 Å². The summed E-state index contributed by atoms with van der Waals surface area (Å²) in [7, 11) is 0. The Morgan fingerprint density at radius 1 is 1.40 bits per heavy atom. The highest BCUT2D eigenvalue weighted by Gasteiger charge is 2.41. The number of carbonyl (C=O) groups excluding carboxylic acids is 1. The summed E-state index contributed by atoms with van der Waals surface area (Å²) < 4.78 is 0. The minimum absolute atomic E-state index is 0.00498. The van der Waals surface area contributed by atoms with Gasteiger partial charge in [-0.25, -0.2) is 4.79 Å². The third-order valence-corrected chi connectivity index (χ3v) is 3.18. The molecular weight excluding hydrogens is 190 g/mol. The molecule has 0 aromatic rings. The minimum atomic E-state index is -0.260. The second-order valence-corrected chi connectivity index (χ2v) is 6.00. The Balaban J connectivity index is 2.78. The molecule has 0 aliphatic carbocycles. The van der Waals surface area contributed by atoms with E-state index < -0.39 is 0 Å². The molecule has 0 aromatic carbocycles. The zero-order valence-electron chi connectivity index (χ0n) is 10.4. The van der Waals surface area contributed by atoms with Gasteiger partial charge in [-0.2, -0.15) is 0 Å². The summed E-state index contributed by atoms with van der Waals surface area (Å²) in [4.78, 5) is 13.6. The molecule has 0 bridgehead atoms. The van der Waals surface area contributed by atoms with Crippen molar-refractivity contribution < 1.29 is 4.79 Å². The highest BCUT2D eigenvalue weighted by molar-refractivity contribution is 5.78. The van der Waals surface area contributed by atoms with Crippen molar-refractivity contribution in [1.82, 2.24) is 10.2 Å². The summed E-state index contributed by atoms with van der Waals surface area (Å²) >= 11 is 0. The second-order valence-electron chi connectivity index (χ2n) is 6.00. The van der Waals surface area contributed by atoms with Crippen LogP contribution in [-0.2, 0) is 0 Å². The zero-order valence-corrected chi connectivity index (χ0v) is 10.4. The quantitative estimate of drug-likeness (QED) is 0.723. The number of hydrogen-bond donors (Lipinski definition) is 2. The summed E-state index contributed by atoms with van der Waals surface area (Å²) in [5, 5.41) is 3.02. The van der Waals surface area contributed by atoms with Gasteiger partial charge in [-0.3, -0.25) is 0 Å². The van der Waals surface area contributed by atoms with Gasteiger partial charge in [-0.1, -0.05) is 20.8 Å². The van der Waals surface area contributed by atoms with Crippen LogP contribution in [0.4, 0.5) is 4.79 Å². The van der Waals surface area contributed by atoms with Gasteiger partial charge in [-0.15, -0.1) is 0 Å². The highest BCUT2D eigenvalue weighted by atomic mass is 16.2. The number of carbonyl (C=O) groups is 1. The maximum Gasteiger partial charge on any atom is 0.318 e. The SMILES string of the molecule is CC(C)(C)C1CN(C(C)(C)CN)C(=O)N1. The summed E-state index contributed by atoms with van der Waals surface area (Å²) in [5.74, 6) is 0. The predicted octanol–water partition coefficient (Wildman–Crippen LogP) is 1.16. The topological polar surface area (TPSA) is 58.4 Å². The van der Waals surface area contributed by atoms with Crippen LogP contribution in [-0.4, -0.2) is 35.6 Å². The average molecular weight is 213 g/mol. The Bertz CT molecular complexity index is 255. The van der Waals surface area contributed by atoms with Gasteiger partial charge in [0.25, 0.3) is 0 Å². The van der Waals surface area contributed by atoms with Crippen molar-refractivity contribution in [3.63, 3.8) is 0 Å². The number of rotatable bonds is 2. The van der Waals surface area contributed by atoms with Gasteiger partial charge in [0.15, 0.2) is 0 Å². The van der Waals surface area contributed by atoms with Crippen LogP contribution in [0.5, 0.6) is 0 Å². The van der Waals surface area contributed by atoms with Crippen molar-refractivity contribution in [1.29, 1.82) is 0 Å². The van der Waals surface area contributed by atoms with E-state index in [1.54, 1.807) is 0 Å². The van der Waals surface area contributed by atoms with Crippen LogP contribution < -0.4 is 11.1 Å². The molecule has 15 heavy (non-hydrogen) atoms. The molecule has 3 N–H and O–H groups in total. The zero-order chi connectivity index (χ0) is 11.9. The second kappa shape index (κ2) is 3.67. The molecule has 1 saturated heterocycles. The maximum atomic E-state index is 11.8. The van der Waals surface area contributed by atoms with Gasteiger partial charge in [0.05, 0.1) is 11.6 Å². The number of nitrogens with one attached hydrogen (secondary N) is 1. The lowest BCUT2D eigenvalue weighted by Gasteiger charge is -2.34. The normalized spacial score (nSPS) is 23.2. The van der Waals surface area contributed by atoms with Crippen LogP contribution in [0.15, 0.2) is 0 Å². The molecule has 2 amide bonds. The molecule has 0 saturated carbocycles. The Morgan fingerprint density at radius 2 is 1.93 bits per heavy atom. The van der Waals surface area contributed by atoms with E-state index in [4.69, 9.17) is 5.73 Å². The summed E-state index contributed by atoms with van der Waals surface area (Å²) in [6.07, 6.45) is 0. The van der Waals surface area contributed by atoms with Crippen LogP contribution in [0.1, 0.15) is 34.6 Å². The number of urea groups is 1. The third-order valence-electron chi connectivity index (χ3n) is 3.18. The van der Waals surface area contributed by atoms with Gasteiger partial charge in [0.1, 0.15) is 0 Å². The first kappa shape index (κ1) is 12.3. The van der Waals surface area contributed by atoms with Gasteiger partial charge >= 0.3 is 6.03 Å². The van der Waals surface area contributed by atoms with E-state index in [0.717, 1.165) is 6.54 Å². The van der Waals surface area contributed by atoms with Crippen molar-refractivity contribution in [2.75, 3.05) is 13.1 Å². The first-order chi connectivity index (χ1) is 6.68. The van der Waals surface area contributed by atoms with Crippen LogP contribution in [0.2, 0.25) is 0 Å². The smallest absolute Gasteiger partial charge is 0.318 e. The van der Waals surface area contributed by atoms with E-state index in [1.165, 1.54) is 0 Å². The van der Waals surface area contributed by atoms with Crippen LogP contribution in [0.25, 0.3) is 0 Å². The third kappa shape index (κ3) is 2.43. The van der Waals surface area contributed by atoms with Crippen LogP contribution in [0.3, 0.4) is 0 Å². The van der Waals surface area contributed by atoms with Gasteiger partial charge in [0, 0.05) is 13.1 Å². The van der Waals surface area contributed by atoms with Crippen molar-refractivity contribution in [3.8, 4) is 0 Å². The number of nitrogens with two attached hydrogens (primary N) is 1. The standard InChI is InChI=1S/C11H23N3O/c1-10(2,3)8-6-14(9(15)13-8)11(4,5)7-12/h8H,6-7,12H2,1-5H3,(H,13,15). The first-order valence-corrected chi connectivity index (χ1v) is 5.46. The molecule has 4 nitrogen and oxygen atoms in total. The van der Waals surface area contributed by atoms with Gasteiger partial charge < -0.3 is 16.0 Å². The number of hydrogen-bond acceptors (Lipinski definition) is 2. The maximum absolute atomic E-state index is 11.8. The van der Waals surface area contributed by atoms with Gasteiger partial charge in [0.2, 0.25) is 0 Å². The fraction of sp³-hybridized carbons (Fsp3) is 0.909. The van der Waals surface area contributed by atoms with Crippen molar-refractivity contribution >= 4 is 6.03 Å². The van der Waals surface area contributed by atoms with E-state index in [0.29, 0.717) is 6.54 Å². The van der Waals surface area contributed by atoms with Gasteiger partial charge in [-0.05, 0) is 19.3 Å². The molecule has 88 valence electrons. The Hall–Kier alpha value is -0.770. The molecule has 4 heteroatoms. The van der Waals surface area contributed by atoms with E-state index in [2.05, 4.69) is 26.1 Å². The summed E-state index contributed by atoms with van der Waals surface area (Å²) in [5.41, 5.74) is 5.51. The molecule has 1 fully saturated rings. The van der Waals surface area contributed by atoms with Crippen LogP contribution in [0, 0.1) is 5.41 Å². The summed E-state index contributed by atoms with van der Waals surface area (Å²) in [6.45, 7) is 11.6.